The van der Waals surface area contributed by atoms with Crippen LogP contribution in [0, 0.1) is 0 Å². The molecule has 9 N–H and O–H groups in total. The van der Waals surface area contributed by atoms with E-state index in [4.69, 9.17) is 5.73 Å². The van der Waals surface area contributed by atoms with E-state index in [2.05, 4.69) is 46.1 Å². The maximum atomic E-state index is 14.1. The monoisotopic (exact) mass is 1120 g/mol. The Hall–Kier alpha value is -7.92. The average molecular weight is 1130 g/mol. The van der Waals surface area contributed by atoms with E-state index in [0.29, 0.717) is 145 Å². The number of nitrogens with zero attached hydrogens (tertiary/aromatic N) is 10. The van der Waals surface area contributed by atoms with Gasteiger partial charge in [-0.25, -0.2) is 0 Å². The van der Waals surface area contributed by atoms with E-state index in [0.717, 1.165) is 24.0 Å². The Morgan fingerprint density at radius 2 is 1.00 bits per heavy atom. The molecule has 2 saturated heterocycles. The zero-order chi connectivity index (χ0) is 58.6. The summed E-state index contributed by atoms with van der Waals surface area (Å²) in [7, 11) is 0. The van der Waals surface area contributed by atoms with Crippen LogP contribution >= 0.6 is 0 Å². The number of phenolic OH excluding ortho intramolecular Hbond substituents is 4. The SMILES string of the molecule is CCNC(=O)c1nnc(-c2cc(C(C)C)c(O)cc2O)n1-c1ccc(CN2CCN(C(=O)CCCN[C@@H](CCCCN)C(=O)N3CCN(Cc4ccc(-n5c(C(=O)NCC)nnc5-c5cc(C(C)C)c(O)cc5O)cc4)CC3)CC2)cc1. The second kappa shape index (κ2) is 27.7. The molecule has 4 heterocycles. The molecule has 6 aromatic rings. The van der Waals surface area contributed by atoms with Crippen LogP contribution in [0.5, 0.6) is 23.0 Å². The number of phenols is 4. The quantitative estimate of drug-likeness (QED) is 0.0342. The Kier molecular flexibility index (Phi) is 20.3. The number of hydrogen-bond donors (Lipinski definition) is 8. The van der Waals surface area contributed by atoms with Crippen LogP contribution in [0.25, 0.3) is 34.2 Å². The average Bonchev–Trinajstić information content (AvgIpc) is 3.76. The fraction of sp³-hybridized carbons (Fsp3) is 0.467. The molecule has 0 radical (unpaired) electrons. The van der Waals surface area contributed by atoms with E-state index < -0.39 is 11.8 Å². The molecule has 438 valence electrons. The molecule has 2 aliphatic heterocycles. The minimum atomic E-state index is -0.414. The first-order chi connectivity index (χ1) is 39.5. The molecule has 0 bridgehead atoms. The standard InChI is InChI=1S/C60H80N14O8/c1-7-62-58(80)56-67-65-54(46-32-44(38(3)4)49(75)34-51(46)77)73(56)42-18-14-40(15-19-42)36-69-24-28-71(29-25-69)53(79)13-11-23-64-48(12-9-10-22-61)60(82)72-30-26-70(27-31-72)37-41-16-20-43(21-17-41)74-55(66-68-57(74)59(81)63-8-2)47-33-45(39(5)6)50(76)35-52(47)78/h14-21,32-35,38-39,48,64,75-78H,7-13,22-31,36-37,61H2,1-6H3,(H,62,80)(H,63,81)/t48-/m0/s1. The first kappa shape index (κ1) is 60.2. The lowest BCUT2D eigenvalue weighted by atomic mass is 9.98. The number of nitrogens with one attached hydrogen (secondary N) is 3. The van der Waals surface area contributed by atoms with Gasteiger partial charge >= 0.3 is 0 Å². The van der Waals surface area contributed by atoms with E-state index in [1.54, 1.807) is 21.3 Å². The van der Waals surface area contributed by atoms with Gasteiger partial charge < -0.3 is 51.9 Å². The number of rotatable bonds is 24. The third-order valence-electron chi connectivity index (χ3n) is 15.2. The number of aromatic nitrogens is 6. The van der Waals surface area contributed by atoms with Crippen molar-refractivity contribution in [3.63, 3.8) is 0 Å². The van der Waals surface area contributed by atoms with Gasteiger partial charge in [0.1, 0.15) is 23.0 Å². The molecule has 22 nitrogen and oxygen atoms in total. The summed E-state index contributed by atoms with van der Waals surface area (Å²) >= 11 is 0. The van der Waals surface area contributed by atoms with Gasteiger partial charge in [0, 0.05) is 108 Å². The fourth-order valence-electron chi connectivity index (χ4n) is 10.6. The van der Waals surface area contributed by atoms with Crippen molar-refractivity contribution in [1.29, 1.82) is 0 Å². The molecular formula is C60H80N14O8. The molecule has 8 rings (SSSR count). The van der Waals surface area contributed by atoms with E-state index in [-0.39, 0.29) is 76.0 Å². The maximum absolute atomic E-state index is 14.1. The van der Waals surface area contributed by atoms with Crippen molar-refractivity contribution in [3.05, 3.63) is 107 Å². The largest absolute Gasteiger partial charge is 0.508 e. The molecule has 2 fully saturated rings. The van der Waals surface area contributed by atoms with Crippen LogP contribution in [0.1, 0.15) is 129 Å². The number of benzene rings is 4. The van der Waals surface area contributed by atoms with Crippen molar-refractivity contribution in [2.75, 3.05) is 78.5 Å². The molecule has 0 aliphatic carbocycles. The summed E-state index contributed by atoms with van der Waals surface area (Å²) in [4.78, 5) is 62.4. The third kappa shape index (κ3) is 14.2. The van der Waals surface area contributed by atoms with E-state index in [1.807, 2.05) is 99.9 Å². The van der Waals surface area contributed by atoms with Gasteiger partial charge in [0.15, 0.2) is 11.6 Å². The lowest BCUT2D eigenvalue weighted by Crippen LogP contribution is -2.54. The zero-order valence-corrected chi connectivity index (χ0v) is 48.1. The number of hydrogen-bond acceptors (Lipinski definition) is 16. The van der Waals surface area contributed by atoms with Crippen LogP contribution in [0.4, 0.5) is 0 Å². The zero-order valence-electron chi connectivity index (χ0n) is 48.1. The normalized spacial score (nSPS) is 14.6. The van der Waals surface area contributed by atoms with Crippen molar-refractivity contribution >= 4 is 23.6 Å². The highest BCUT2D eigenvalue weighted by molar-refractivity contribution is 5.93. The van der Waals surface area contributed by atoms with Crippen molar-refractivity contribution in [1.82, 2.24) is 65.1 Å². The predicted octanol–water partition coefficient (Wildman–Crippen LogP) is 5.61. The number of nitrogens with two attached hydrogens (primary N) is 1. The number of carbonyl (C=O) groups excluding carboxylic acids is 4. The first-order valence-corrected chi connectivity index (χ1v) is 28.7. The summed E-state index contributed by atoms with van der Waals surface area (Å²) in [5, 5.41) is 69.1. The van der Waals surface area contributed by atoms with Crippen LogP contribution in [0.2, 0.25) is 0 Å². The van der Waals surface area contributed by atoms with Crippen molar-refractivity contribution in [3.8, 4) is 57.1 Å². The summed E-state index contributed by atoms with van der Waals surface area (Å²) in [6.45, 7) is 19.7. The van der Waals surface area contributed by atoms with Crippen molar-refractivity contribution < 1.29 is 39.6 Å². The lowest BCUT2D eigenvalue weighted by molar-refractivity contribution is -0.135. The van der Waals surface area contributed by atoms with Gasteiger partial charge in [0.2, 0.25) is 23.5 Å². The summed E-state index contributed by atoms with van der Waals surface area (Å²) in [5.41, 5.74) is 11.1. The highest BCUT2D eigenvalue weighted by atomic mass is 16.3. The number of aromatic hydroxyl groups is 4. The Balaban J connectivity index is 0.806. The van der Waals surface area contributed by atoms with Gasteiger partial charge in [-0.15, -0.1) is 20.4 Å². The summed E-state index contributed by atoms with van der Waals surface area (Å²) in [5.74, 6) is -0.519. The molecular weight excluding hydrogens is 1040 g/mol. The van der Waals surface area contributed by atoms with Crippen LogP contribution in [-0.2, 0) is 22.7 Å². The Morgan fingerprint density at radius 1 is 0.561 bits per heavy atom. The summed E-state index contributed by atoms with van der Waals surface area (Å²) in [6.07, 6.45) is 3.26. The van der Waals surface area contributed by atoms with E-state index in [9.17, 15) is 39.6 Å². The molecule has 0 saturated carbocycles. The molecule has 82 heavy (non-hydrogen) atoms. The fourth-order valence-corrected chi connectivity index (χ4v) is 10.6. The second-order valence-corrected chi connectivity index (χ2v) is 21.7. The number of unbranched alkanes of at least 4 members (excludes halogenated alkanes) is 1. The number of amides is 4. The molecule has 2 aromatic heterocycles. The van der Waals surface area contributed by atoms with Crippen molar-refractivity contribution in [2.24, 2.45) is 5.73 Å². The third-order valence-corrected chi connectivity index (χ3v) is 15.2. The van der Waals surface area contributed by atoms with Gasteiger partial charge in [0.25, 0.3) is 11.8 Å². The smallest absolute Gasteiger partial charge is 0.289 e. The van der Waals surface area contributed by atoms with E-state index in [1.165, 1.54) is 12.1 Å². The van der Waals surface area contributed by atoms with Gasteiger partial charge in [-0.3, -0.25) is 38.1 Å². The summed E-state index contributed by atoms with van der Waals surface area (Å²) < 4.78 is 3.23. The summed E-state index contributed by atoms with van der Waals surface area (Å²) in [6, 6.07) is 21.1. The molecule has 2 aliphatic rings. The van der Waals surface area contributed by atoms with Crippen LogP contribution < -0.4 is 21.7 Å². The molecule has 22 heteroatoms. The Bertz CT molecular complexity index is 3160. The minimum Gasteiger partial charge on any atom is -0.508 e. The molecule has 0 unspecified atom stereocenters. The van der Waals surface area contributed by atoms with Crippen LogP contribution in [-0.4, -0.2) is 178 Å². The van der Waals surface area contributed by atoms with Gasteiger partial charge in [0.05, 0.1) is 17.2 Å². The molecule has 1 atom stereocenters. The highest BCUT2D eigenvalue weighted by Crippen LogP contribution is 2.40. The first-order valence-electron chi connectivity index (χ1n) is 28.7. The van der Waals surface area contributed by atoms with Gasteiger partial charge in [-0.1, -0.05) is 58.4 Å². The number of carbonyl (C=O) groups is 4. The van der Waals surface area contributed by atoms with E-state index >= 15 is 0 Å². The van der Waals surface area contributed by atoms with Crippen LogP contribution in [0.3, 0.4) is 0 Å². The number of piperazine rings is 2. The topological polar surface area (TPSA) is 286 Å². The molecule has 4 aromatic carbocycles. The van der Waals surface area contributed by atoms with Gasteiger partial charge in [-0.2, -0.15) is 0 Å². The van der Waals surface area contributed by atoms with Crippen molar-refractivity contribution in [2.45, 2.75) is 105 Å². The Morgan fingerprint density at radius 3 is 1.41 bits per heavy atom. The molecule has 0 spiro atoms. The maximum Gasteiger partial charge on any atom is 0.289 e. The Labute approximate surface area is 479 Å². The van der Waals surface area contributed by atoms with Crippen LogP contribution in [0.15, 0.2) is 72.8 Å². The predicted molar refractivity (Wildman–Crippen MR) is 312 cm³/mol. The lowest BCUT2D eigenvalue weighted by Gasteiger charge is -2.37. The highest BCUT2D eigenvalue weighted by Gasteiger charge is 2.30. The van der Waals surface area contributed by atoms with Gasteiger partial charge in [-0.05, 0) is 117 Å². The molecule has 4 amide bonds. The minimum absolute atomic E-state index is 0.0274. The second-order valence-electron chi connectivity index (χ2n) is 21.7.